The summed E-state index contributed by atoms with van der Waals surface area (Å²) in [5, 5.41) is 4.07. The number of amides is 1. The number of hydrogen-bond acceptors (Lipinski definition) is 4. The van der Waals surface area contributed by atoms with Crippen molar-refractivity contribution >= 4 is 29.1 Å². The molecule has 2 heterocycles. The highest BCUT2D eigenvalue weighted by Crippen LogP contribution is 2.31. The molecule has 8 heteroatoms. The zero-order valence-corrected chi connectivity index (χ0v) is 19.0. The Labute approximate surface area is 196 Å². The summed E-state index contributed by atoms with van der Waals surface area (Å²) >= 11 is 12.2. The van der Waals surface area contributed by atoms with Gasteiger partial charge in [0.1, 0.15) is 5.82 Å². The molecule has 32 heavy (non-hydrogen) atoms. The van der Waals surface area contributed by atoms with E-state index >= 15 is 0 Å². The first-order chi connectivity index (χ1) is 15.5. The number of halogens is 2. The summed E-state index contributed by atoms with van der Waals surface area (Å²) in [7, 11) is 0. The molecule has 0 aliphatic heterocycles. The number of nitrogens with zero attached hydrogens (tertiary/aromatic N) is 2. The number of oxazole rings is 1. The highest BCUT2D eigenvalue weighted by Gasteiger charge is 2.17. The Balaban J connectivity index is 1.35. The van der Waals surface area contributed by atoms with Crippen molar-refractivity contribution in [2.24, 2.45) is 0 Å². The van der Waals surface area contributed by atoms with Crippen molar-refractivity contribution < 1.29 is 9.21 Å². The maximum absolute atomic E-state index is 12.5. The van der Waals surface area contributed by atoms with E-state index in [1.807, 2.05) is 37.3 Å². The molecule has 1 unspecified atom stereocenters. The van der Waals surface area contributed by atoms with E-state index < -0.39 is 0 Å². The second-order valence-corrected chi connectivity index (χ2v) is 8.16. The van der Waals surface area contributed by atoms with E-state index in [0.29, 0.717) is 40.1 Å². The quantitative estimate of drug-likeness (QED) is 0.320. The molecule has 0 fully saturated rings. The van der Waals surface area contributed by atoms with Gasteiger partial charge in [0.15, 0.2) is 11.7 Å². The van der Waals surface area contributed by atoms with Gasteiger partial charge >= 0.3 is 0 Å². The number of aromatic amines is 1. The number of aromatic nitrogens is 3. The van der Waals surface area contributed by atoms with E-state index in [-0.39, 0.29) is 18.4 Å². The average molecular weight is 469 g/mol. The number of benzene rings is 2. The standard InChI is InChI=1S/C24H22Cl2N4O2/c1-2-19(24-28-13-20(30-24)15-6-4-3-5-7-15)29-22(31)10-11-23-27-14-21(32-23)17-9-8-16(25)12-18(17)26/h3-9,12-14,19H,2,10-11H2,1H3,(H,28,30)(H,29,31). The van der Waals surface area contributed by atoms with Crippen LogP contribution in [0.1, 0.15) is 37.5 Å². The monoisotopic (exact) mass is 468 g/mol. The Kier molecular flexibility index (Phi) is 6.93. The Bertz CT molecular complexity index is 1200. The Morgan fingerprint density at radius 3 is 2.69 bits per heavy atom. The lowest BCUT2D eigenvalue weighted by molar-refractivity contribution is -0.122. The molecule has 6 nitrogen and oxygen atoms in total. The van der Waals surface area contributed by atoms with Gasteiger partial charge in [-0.25, -0.2) is 9.97 Å². The Hall–Kier alpha value is -3.09. The second-order valence-electron chi connectivity index (χ2n) is 7.32. The fourth-order valence-electron chi connectivity index (χ4n) is 3.37. The van der Waals surface area contributed by atoms with E-state index in [2.05, 4.69) is 20.3 Å². The van der Waals surface area contributed by atoms with Crippen LogP contribution in [0.3, 0.4) is 0 Å². The van der Waals surface area contributed by atoms with Crippen LogP contribution in [0.5, 0.6) is 0 Å². The maximum Gasteiger partial charge on any atom is 0.221 e. The van der Waals surface area contributed by atoms with Crippen molar-refractivity contribution in [2.75, 3.05) is 0 Å². The predicted octanol–water partition coefficient (Wildman–Crippen LogP) is 6.24. The van der Waals surface area contributed by atoms with Crippen LogP contribution in [0.2, 0.25) is 10.0 Å². The lowest BCUT2D eigenvalue weighted by Gasteiger charge is -2.14. The number of aryl methyl sites for hydroxylation is 1. The third kappa shape index (κ3) is 5.21. The molecule has 4 aromatic rings. The Morgan fingerprint density at radius 1 is 1.12 bits per heavy atom. The van der Waals surface area contributed by atoms with Gasteiger partial charge in [0.05, 0.1) is 29.2 Å². The summed E-state index contributed by atoms with van der Waals surface area (Å²) in [5.41, 5.74) is 2.67. The minimum atomic E-state index is -0.201. The van der Waals surface area contributed by atoms with Gasteiger partial charge in [0, 0.05) is 23.4 Å². The van der Waals surface area contributed by atoms with Gasteiger partial charge in [-0.15, -0.1) is 0 Å². The van der Waals surface area contributed by atoms with Crippen molar-refractivity contribution in [1.29, 1.82) is 0 Å². The molecule has 2 aromatic carbocycles. The van der Waals surface area contributed by atoms with Crippen LogP contribution < -0.4 is 5.32 Å². The van der Waals surface area contributed by atoms with Gasteiger partial charge in [-0.2, -0.15) is 0 Å². The Morgan fingerprint density at radius 2 is 1.94 bits per heavy atom. The zero-order valence-electron chi connectivity index (χ0n) is 17.4. The molecule has 0 aliphatic carbocycles. The van der Waals surface area contributed by atoms with Crippen LogP contribution in [-0.4, -0.2) is 20.9 Å². The van der Waals surface area contributed by atoms with Crippen molar-refractivity contribution in [3.63, 3.8) is 0 Å². The minimum Gasteiger partial charge on any atom is -0.441 e. The van der Waals surface area contributed by atoms with E-state index in [0.717, 1.165) is 17.1 Å². The summed E-state index contributed by atoms with van der Waals surface area (Å²) in [5.74, 6) is 1.64. The lowest BCUT2D eigenvalue weighted by atomic mass is 10.2. The van der Waals surface area contributed by atoms with E-state index in [4.69, 9.17) is 27.6 Å². The number of hydrogen-bond donors (Lipinski definition) is 2. The molecule has 0 spiro atoms. The van der Waals surface area contributed by atoms with Gasteiger partial charge in [0.25, 0.3) is 0 Å². The molecule has 1 atom stereocenters. The van der Waals surface area contributed by atoms with Crippen molar-refractivity contribution in [3.8, 4) is 22.6 Å². The van der Waals surface area contributed by atoms with Crippen molar-refractivity contribution in [3.05, 3.63) is 82.7 Å². The van der Waals surface area contributed by atoms with Crippen LogP contribution >= 0.6 is 23.2 Å². The topological polar surface area (TPSA) is 83.8 Å². The molecule has 4 rings (SSSR count). The fourth-order valence-corrected chi connectivity index (χ4v) is 3.87. The third-order valence-electron chi connectivity index (χ3n) is 5.07. The summed E-state index contributed by atoms with van der Waals surface area (Å²) in [6.45, 7) is 2.01. The normalized spacial score (nSPS) is 12.0. The van der Waals surface area contributed by atoms with Gasteiger partial charge in [-0.1, -0.05) is 60.5 Å². The number of H-pyrrole nitrogens is 1. The minimum absolute atomic E-state index is 0.0983. The third-order valence-corrected chi connectivity index (χ3v) is 5.62. The predicted molar refractivity (Wildman–Crippen MR) is 125 cm³/mol. The average Bonchev–Trinajstić information content (AvgIpc) is 3.47. The molecular weight excluding hydrogens is 447 g/mol. The summed E-state index contributed by atoms with van der Waals surface area (Å²) < 4.78 is 5.77. The van der Waals surface area contributed by atoms with Crippen LogP contribution in [-0.2, 0) is 11.2 Å². The summed E-state index contributed by atoms with van der Waals surface area (Å²) in [6.07, 6.45) is 4.73. The maximum atomic E-state index is 12.5. The fraction of sp³-hybridized carbons (Fsp3) is 0.208. The second kappa shape index (κ2) is 10.0. The highest BCUT2D eigenvalue weighted by atomic mass is 35.5. The molecule has 2 N–H and O–H groups in total. The molecule has 0 saturated heterocycles. The SMILES string of the molecule is CCC(NC(=O)CCc1ncc(-c2ccc(Cl)cc2Cl)o1)c1ncc(-c2ccccc2)[nH]1. The number of imidazole rings is 1. The number of nitrogens with one attached hydrogen (secondary N) is 2. The first-order valence-electron chi connectivity index (χ1n) is 10.3. The van der Waals surface area contributed by atoms with Gasteiger partial charge < -0.3 is 14.7 Å². The van der Waals surface area contributed by atoms with Gasteiger partial charge in [-0.3, -0.25) is 4.79 Å². The summed E-state index contributed by atoms with van der Waals surface area (Å²) in [6, 6.07) is 14.9. The highest BCUT2D eigenvalue weighted by molar-refractivity contribution is 6.36. The number of rotatable bonds is 8. The molecule has 0 aliphatic rings. The van der Waals surface area contributed by atoms with E-state index in [1.165, 1.54) is 0 Å². The lowest BCUT2D eigenvalue weighted by Crippen LogP contribution is -2.29. The molecule has 0 saturated carbocycles. The molecular formula is C24H22Cl2N4O2. The van der Waals surface area contributed by atoms with E-state index in [1.54, 1.807) is 30.6 Å². The molecule has 2 aromatic heterocycles. The molecule has 164 valence electrons. The summed E-state index contributed by atoms with van der Waals surface area (Å²) in [4.78, 5) is 24.6. The smallest absolute Gasteiger partial charge is 0.221 e. The van der Waals surface area contributed by atoms with Crippen LogP contribution in [0, 0.1) is 0 Å². The van der Waals surface area contributed by atoms with Crippen LogP contribution in [0.4, 0.5) is 0 Å². The zero-order chi connectivity index (χ0) is 22.5. The molecule has 0 radical (unpaired) electrons. The van der Waals surface area contributed by atoms with Crippen molar-refractivity contribution in [2.45, 2.75) is 32.2 Å². The number of carbonyl (C=O) groups is 1. The largest absolute Gasteiger partial charge is 0.441 e. The van der Waals surface area contributed by atoms with E-state index in [9.17, 15) is 4.79 Å². The van der Waals surface area contributed by atoms with Gasteiger partial charge in [0.2, 0.25) is 5.91 Å². The number of carbonyl (C=O) groups excluding carboxylic acids is 1. The van der Waals surface area contributed by atoms with Gasteiger partial charge in [-0.05, 0) is 30.2 Å². The van der Waals surface area contributed by atoms with Crippen molar-refractivity contribution in [1.82, 2.24) is 20.3 Å². The van der Waals surface area contributed by atoms with Crippen LogP contribution in [0.15, 0.2) is 65.3 Å². The van der Waals surface area contributed by atoms with Crippen LogP contribution in [0.25, 0.3) is 22.6 Å². The first-order valence-corrected chi connectivity index (χ1v) is 11.1. The molecule has 1 amide bonds. The first kappa shape index (κ1) is 22.1. The molecule has 0 bridgehead atoms.